The molecule has 0 bridgehead atoms. The van der Waals surface area contributed by atoms with Crippen LogP contribution in [0.25, 0.3) is 17.3 Å². The fourth-order valence-electron chi connectivity index (χ4n) is 4.61. The molecule has 8 nitrogen and oxygen atoms in total. The molecule has 12 heteroatoms. The molecule has 1 saturated carbocycles. The molecule has 1 saturated heterocycles. The van der Waals surface area contributed by atoms with Crippen LogP contribution in [0.1, 0.15) is 42.5 Å². The van der Waals surface area contributed by atoms with Crippen LogP contribution in [-0.4, -0.2) is 38.2 Å². The molecule has 3 heterocycles. The lowest BCUT2D eigenvalue weighted by Crippen LogP contribution is -2.37. The molecule has 2 aromatic heterocycles. The number of thioether (sulfide) groups is 1. The van der Waals surface area contributed by atoms with Crippen molar-refractivity contribution in [3.63, 3.8) is 0 Å². The quantitative estimate of drug-likeness (QED) is 0.334. The summed E-state index contributed by atoms with van der Waals surface area (Å²) >= 11 is 0.843. The first-order chi connectivity index (χ1) is 18.7. The van der Waals surface area contributed by atoms with Gasteiger partial charge in [-0.2, -0.15) is 13.2 Å². The Kier molecular flexibility index (Phi) is 7.94. The maximum atomic E-state index is 12.9. The van der Waals surface area contributed by atoms with E-state index in [0.29, 0.717) is 34.3 Å². The predicted octanol–water partition coefficient (Wildman–Crippen LogP) is 5.39. The molecule has 1 aromatic carbocycles. The van der Waals surface area contributed by atoms with Crippen LogP contribution in [0.5, 0.6) is 0 Å². The minimum absolute atomic E-state index is 0.192. The van der Waals surface area contributed by atoms with Gasteiger partial charge in [0.05, 0.1) is 21.9 Å². The topological polar surface area (TPSA) is 109 Å². The third kappa shape index (κ3) is 6.82. The van der Waals surface area contributed by atoms with E-state index in [1.165, 1.54) is 12.1 Å². The number of pyridine rings is 1. The van der Waals surface area contributed by atoms with E-state index in [0.717, 1.165) is 55.1 Å². The summed E-state index contributed by atoms with van der Waals surface area (Å²) in [6.07, 6.45) is 4.10. The van der Waals surface area contributed by atoms with Gasteiger partial charge in [-0.3, -0.25) is 19.9 Å². The van der Waals surface area contributed by atoms with Gasteiger partial charge in [0.2, 0.25) is 5.95 Å². The summed E-state index contributed by atoms with van der Waals surface area (Å²) in [7, 11) is 0. The number of halogens is 3. The second-order valence-electron chi connectivity index (χ2n) is 9.32. The predicted molar refractivity (Wildman–Crippen MR) is 142 cm³/mol. The van der Waals surface area contributed by atoms with Gasteiger partial charge in [-0.25, -0.2) is 9.97 Å². The van der Waals surface area contributed by atoms with Crippen molar-refractivity contribution in [1.82, 2.24) is 25.6 Å². The van der Waals surface area contributed by atoms with Gasteiger partial charge in [-0.15, -0.1) is 0 Å². The summed E-state index contributed by atoms with van der Waals surface area (Å²) in [5, 5.41) is 8.76. The average molecular weight is 555 g/mol. The second kappa shape index (κ2) is 11.5. The Labute approximate surface area is 226 Å². The zero-order valence-electron chi connectivity index (χ0n) is 20.7. The zero-order valence-corrected chi connectivity index (χ0v) is 21.5. The number of benzene rings is 1. The molecule has 0 unspecified atom stereocenters. The molecule has 0 atom stereocenters. The largest absolute Gasteiger partial charge is 0.416 e. The first-order valence-corrected chi connectivity index (χ1v) is 13.3. The van der Waals surface area contributed by atoms with E-state index in [2.05, 4.69) is 30.9 Å². The van der Waals surface area contributed by atoms with Crippen LogP contribution < -0.4 is 16.0 Å². The first-order valence-electron chi connectivity index (χ1n) is 12.4. The minimum Gasteiger partial charge on any atom is -0.351 e. The van der Waals surface area contributed by atoms with Crippen LogP contribution in [0.4, 0.5) is 23.9 Å². The molecular weight excluding hydrogens is 529 g/mol. The third-order valence-corrected chi connectivity index (χ3v) is 7.43. The van der Waals surface area contributed by atoms with Crippen molar-refractivity contribution in [2.24, 2.45) is 0 Å². The van der Waals surface area contributed by atoms with Crippen LogP contribution in [0.15, 0.2) is 59.8 Å². The van der Waals surface area contributed by atoms with Crippen molar-refractivity contribution < 1.29 is 22.8 Å². The number of nitrogens with one attached hydrogen (secondary N) is 3. The Balaban J connectivity index is 1.14. The number of anilines is 1. The van der Waals surface area contributed by atoms with Gasteiger partial charge < -0.3 is 10.6 Å². The molecule has 5 rings (SSSR count). The number of amides is 2. The van der Waals surface area contributed by atoms with E-state index in [-0.39, 0.29) is 12.1 Å². The van der Waals surface area contributed by atoms with E-state index < -0.39 is 22.9 Å². The molecule has 39 heavy (non-hydrogen) atoms. The third-order valence-electron chi connectivity index (χ3n) is 6.62. The molecule has 1 aliphatic heterocycles. The lowest BCUT2D eigenvalue weighted by Gasteiger charge is -2.30. The summed E-state index contributed by atoms with van der Waals surface area (Å²) in [4.78, 5) is 36.6. The highest BCUT2D eigenvalue weighted by Gasteiger charge is 2.30. The van der Waals surface area contributed by atoms with E-state index >= 15 is 0 Å². The highest BCUT2D eigenvalue weighted by Crippen LogP contribution is 2.31. The van der Waals surface area contributed by atoms with E-state index in [4.69, 9.17) is 0 Å². The van der Waals surface area contributed by atoms with Crippen LogP contribution in [-0.2, 0) is 17.5 Å². The summed E-state index contributed by atoms with van der Waals surface area (Å²) in [5.41, 5.74) is 2.09. The highest BCUT2D eigenvalue weighted by atomic mass is 32.2. The van der Waals surface area contributed by atoms with Gasteiger partial charge in [-0.1, -0.05) is 18.2 Å². The first kappa shape index (κ1) is 26.8. The number of rotatable bonds is 7. The van der Waals surface area contributed by atoms with Gasteiger partial charge in [0, 0.05) is 36.6 Å². The molecule has 2 aliphatic rings. The van der Waals surface area contributed by atoms with E-state index in [9.17, 15) is 22.8 Å². The molecule has 2 fully saturated rings. The van der Waals surface area contributed by atoms with Crippen molar-refractivity contribution in [3.05, 3.63) is 76.6 Å². The smallest absolute Gasteiger partial charge is 0.351 e. The Hall–Kier alpha value is -3.77. The number of imide groups is 1. The maximum absolute atomic E-state index is 12.9. The number of aromatic nitrogens is 3. The van der Waals surface area contributed by atoms with Crippen LogP contribution >= 0.6 is 11.8 Å². The number of hydrogen-bond acceptors (Lipinski definition) is 8. The van der Waals surface area contributed by atoms with Gasteiger partial charge in [0.25, 0.3) is 11.1 Å². The molecule has 3 N–H and O–H groups in total. The molecule has 1 aliphatic carbocycles. The zero-order chi connectivity index (χ0) is 27.4. The maximum Gasteiger partial charge on any atom is 0.416 e. The highest BCUT2D eigenvalue weighted by molar-refractivity contribution is 8.18. The van der Waals surface area contributed by atoms with Crippen LogP contribution in [0.2, 0.25) is 0 Å². The number of carbonyl (C=O) groups excluding carboxylic acids is 2. The summed E-state index contributed by atoms with van der Waals surface area (Å²) < 4.78 is 38.8. The Bertz CT molecular complexity index is 1390. The second-order valence-corrected chi connectivity index (χ2v) is 10.3. The Morgan fingerprint density at radius 1 is 0.974 bits per heavy atom. The van der Waals surface area contributed by atoms with Crippen molar-refractivity contribution in [2.75, 3.05) is 5.32 Å². The Morgan fingerprint density at radius 2 is 1.72 bits per heavy atom. The van der Waals surface area contributed by atoms with Crippen molar-refractivity contribution in [3.8, 4) is 11.3 Å². The standard InChI is InChI=1S/C27H25F3N6O2S/c28-27(29,30)18-5-3-16(4-6-18)23-17(2-1-12-31-23)15-33-19-7-9-20(10-8-19)34-25-32-13-11-21(35-25)14-22-24(37)36-26(38)39-22/h1-6,11-14,19-20,33H,7-10,15H2,(H,32,34,35)(H,36,37,38)/t19-,20-. The van der Waals surface area contributed by atoms with Crippen molar-refractivity contribution in [2.45, 2.75) is 50.5 Å². The fourth-order valence-corrected chi connectivity index (χ4v) is 5.28. The minimum atomic E-state index is -4.37. The van der Waals surface area contributed by atoms with Crippen LogP contribution in [0, 0.1) is 0 Å². The molecule has 3 aromatic rings. The summed E-state index contributed by atoms with van der Waals surface area (Å²) in [6.45, 7) is 0.556. The normalized spacial score (nSPS) is 20.7. The number of carbonyl (C=O) groups is 2. The average Bonchev–Trinajstić information content (AvgIpc) is 3.24. The Morgan fingerprint density at radius 3 is 2.41 bits per heavy atom. The molecule has 0 spiro atoms. The summed E-state index contributed by atoms with van der Waals surface area (Å²) in [5.74, 6) is 0.0359. The monoisotopic (exact) mass is 554 g/mol. The van der Waals surface area contributed by atoms with Gasteiger partial charge in [0.15, 0.2) is 0 Å². The molecule has 0 radical (unpaired) electrons. The SMILES string of the molecule is O=C1NC(=O)C(=Cc2ccnc(N[C@H]3CC[C@H](NCc4cccnc4-c4ccc(C(F)(F)F)cc4)CC3)n2)S1. The van der Waals surface area contributed by atoms with Crippen molar-refractivity contribution >= 4 is 34.9 Å². The summed E-state index contributed by atoms with van der Waals surface area (Å²) in [6, 6.07) is 11.0. The lowest BCUT2D eigenvalue weighted by molar-refractivity contribution is -0.137. The van der Waals surface area contributed by atoms with E-state index in [1.54, 1.807) is 24.5 Å². The fraction of sp³-hybridized carbons (Fsp3) is 0.296. The number of alkyl halides is 3. The molecule has 2 amide bonds. The van der Waals surface area contributed by atoms with Gasteiger partial charge in [-0.05, 0) is 73.4 Å². The van der Waals surface area contributed by atoms with E-state index in [1.807, 2.05) is 12.1 Å². The molecular formula is C27H25F3N6O2S. The van der Waals surface area contributed by atoms with Gasteiger partial charge in [0.1, 0.15) is 0 Å². The van der Waals surface area contributed by atoms with Gasteiger partial charge >= 0.3 is 6.18 Å². The molecule has 202 valence electrons. The number of nitrogens with zero attached hydrogens (tertiary/aromatic N) is 3. The van der Waals surface area contributed by atoms with Crippen LogP contribution in [0.3, 0.4) is 0 Å². The number of hydrogen-bond donors (Lipinski definition) is 3. The lowest BCUT2D eigenvalue weighted by atomic mass is 9.91. The van der Waals surface area contributed by atoms with Crippen molar-refractivity contribution in [1.29, 1.82) is 0 Å².